The van der Waals surface area contributed by atoms with E-state index in [-0.39, 0.29) is 5.91 Å². The van der Waals surface area contributed by atoms with Gasteiger partial charge in [-0.05, 0) is 36.1 Å². The molecule has 2 rings (SSSR count). The third kappa shape index (κ3) is 3.62. The highest BCUT2D eigenvalue weighted by molar-refractivity contribution is 7.99. The summed E-state index contributed by atoms with van der Waals surface area (Å²) in [6, 6.07) is 11.5. The minimum Gasteiger partial charge on any atom is -0.347 e. The summed E-state index contributed by atoms with van der Waals surface area (Å²) in [6.07, 6.45) is 0. The van der Waals surface area contributed by atoms with Gasteiger partial charge in [-0.15, -0.1) is 23.1 Å². The molecule has 0 radical (unpaired) electrons. The van der Waals surface area contributed by atoms with E-state index in [1.54, 1.807) is 17.4 Å². The topological polar surface area (TPSA) is 52.9 Å². The van der Waals surface area contributed by atoms with E-state index in [2.05, 4.69) is 11.4 Å². The molecule has 0 atom stereocenters. The lowest BCUT2D eigenvalue weighted by Gasteiger charge is -2.08. The Morgan fingerprint density at radius 2 is 2.20 bits per heavy atom. The molecule has 0 aliphatic rings. The van der Waals surface area contributed by atoms with Crippen LogP contribution >= 0.6 is 23.1 Å². The number of benzene rings is 1. The van der Waals surface area contributed by atoms with Gasteiger partial charge in [-0.3, -0.25) is 4.79 Å². The number of thiophene rings is 1. The summed E-state index contributed by atoms with van der Waals surface area (Å²) in [7, 11) is 0. The highest BCUT2D eigenvalue weighted by atomic mass is 32.2. The molecule has 0 aliphatic carbocycles. The van der Waals surface area contributed by atoms with Crippen LogP contribution in [0.15, 0.2) is 40.6 Å². The van der Waals surface area contributed by atoms with Crippen LogP contribution in [0.1, 0.15) is 20.8 Å². The molecule has 0 saturated carbocycles. The number of rotatable bonds is 5. The molecule has 20 heavy (non-hydrogen) atoms. The lowest BCUT2D eigenvalue weighted by Crippen LogP contribution is -2.23. The van der Waals surface area contributed by atoms with Gasteiger partial charge >= 0.3 is 0 Å². The summed E-state index contributed by atoms with van der Waals surface area (Å²) in [4.78, 5) is 14.2. The van der Waals surface area contributed by atoms with Crippen LogP contribution in [0.5, 0.6) is 0 Å². The van der Waals surface area contributed by atoms with Gasteiger partial charge in [0.25, 0.3) is 5.91 Å². The Bertz CT molecular complexity index is 643. The largest absolute Gasteiger partial charge is 0.347 e. The average molecular weight is 302 g/mol. The van der Waals surface area contributed by atoms with Crippen LogP contribution in [0.4, 0.5) is 0 Å². The Morgan fingerprint density at radius 3 is 2.90 bits per heavy atom. The number of nitriles is 1. The number of nitrogens with zero attached hydrogens (tertiary/aromatic N) is 1. The first-order valence-corrected chi connectivity index (χ1v) is 7.99. The van der Waals surface area contributed by atoms with Crippen molar-refractivity contribution in [1.29, 1.82) is 5.26 Å². The number of amides is 1. The Morgan fingerprint density at radius 1 is 1.40 bits per heavy atom. The quantitative estimate of drug-likeness (QED) is 0.859. The van der Waals surface area contributed by atoms with Gasteiger partial charge in [0.1, 0.15) is 0 Å². The maximum absolute atomic E-state index is 12.2. The Balaban J connectivity index is 2.06. The van der Waals surface area contributed by atoms with Crippen LogP contribution < -0.4 is 5.32 Å². The molecular weight excluding hydrogens is 288 g/mol. The van der Waals surface area contributed by atoms with E-state index in [1.807, 2.05) is 36.6 Å². The van der Waals surface area contributed by atoms with E-state index in [0.29, 0.717) is 17.9 Å². The molecule has 1 aromatic heterocycles. The third-order valence-corrected chi connectivity index (χ3v) is 4.77. The fraction of sp³-hybridized carbons (Fsp3) is 0.200. The predicted octanol–water partition coefficient (Wildman–Crippen LogP) is 3.60. The smallest absolute Gasteiger partial charge is 0.252 e. The zero-order valence-corrected chi connectivity index (χ0v) is 12.7. The molecule has 5 heteroatoms. The summed E-state index contributed by atoms with van der Waals surface area (Å²) < 4.78 is 0. The monoisotopic (exact) mass is 302 g/mol. The fourth-order valence-electron chi connectivity index (χ4n) is 1.73. The number of hydrogen-bond acceptors (Lipinski definition) is 4. The molecule has 1 N–H and O–H groups in total. The Labute approximate surface area is 126 Å². The molecule has 1 amide bonds. The van der Waals surface area contributed by atoms with E-state index in [4.69, 9.17) is 5.26 Å². The van der Waals surface area contributed by atoms with Gasteiger partial charge in [-0.25, -0.2) is 0 Å². The van der Waals surface area contributed by atoms with Crippen molar-refractivity contribution in [3.63, 3.8) is 0 Å². The van der Waals surface area contributed by atoms with Crippen molar-refractivity contribution in [1.82, 2.24) is 5.32 Å². The molecule has 0 bridgehead atoms. The third-order valence-electron chi connectivity index (χ3n) is 2.80. The number of nitrogens with one attached hydrogen (secondary N) is 1. The molecule has 0 spiro atoms. The number of hydrogen-bond donors (Lipinski definition) is 1. The van der Waals surface area contributed by atoms with Gasteiger partial charge in [0.15, 0.2) is 0 Å². The van der Waals surface area contributed by atoms with Crippen molar-refractivity contribution < 1.29 is 4.79 Å². The summed E-state index contributed by atoms with van der Waals surface area (Å²) in [5.41, 5.74) is 1.82. The Hall–Kier alpha value is -1.77. The molecule has 2 aromatic rings. The molecule has 3 nitrogen and oxygen atoms in total. The van der Waals surface area contributed by atoms with Gasteiger partial charge in [-0.1, -0.05) is 12.1 Å². The molecule has 0 unspecified atom stereocenters. The second kappa shape index (κ2) is 7.13. The fourth-order valence-corrected chi connectivity index (χ4v) is 3.29. The standard InChI is InChI=1S/C15H14N2OS2/c1-11-6-8-19-14(11)10-17-15(18)12-4-2-3-5-13(12)20-9-7-16/h2-6,8H,9-10H2,1H3,(H,17,18). The normalized spacial score (nSPS) is 10.0. The summed E-state index contributed by atoms with van der Waals surface area (Å²) in [5, 5.41) is 13.6. The van der Waals surface area contributed by atoms with Gasteiger partial charge in [-0.2, -0.15) is 5.26 Å². The molecule has 1 heterocycles. The maximum atomic E-state index is 12.2. The molecule has 0 saturated heterocycles. The van der Waals surface area contributed by atoms with Crippen molar-refractivity contribution in [2.75, 3.05) is 5.75 Å². The zero-order valence-electron chi connectivity index (χ0n) is 11.1. The van der Waals surface area contributed by atoms with Crippen LogP contribution in [0.3, 0.4) is 0 Å². The minimum atomic E-state index is -0.0983. The van der Waals surface area contributed by atoms with Crippen molar-refractivity contribution in [2.24, 2.45) is 0 Å². The van der Waals surface area contributed by atoms with Gasteiger partial charge < -0.3 is 5.32 Å². The van der Waals surface area contributed by atoms with Crippen LogP contribution in [-0.2, 0) is 6.54 Å². The van der Waals surface area contributed by atoms with E-state index >= 15 is 0 Å². The molecule has 0 fully saturated rings. The second-order valence-electron chi connectivity index (χ2n) is 4.15. The van der Waals surface area contributed by atoms with Gasteiger partial charge in [0.05, 0.1) is 23.9 Å². The van der Waals surface area contributed by atoms with Gasteiger partial charge in [0.2, 0.25) is 0 Å². The van der Waals surface area contributed by atoms with Crippen LogP contribution in [-0.4, -0.2) is 11.7 Å². The average Bonchev–Trinajstić information content (AvgIpc) is 2.88. The van der Waals surface area contributed by atoms with Crippen molar-refractivity contribution in [3.8, 4) is 6.07 Å². The Kier molecular flexibility index (Phi) is 5.22. The predicted molar refractivity (Wildman–Crippen MR) is 83.0 cm³/mol. The molecule has 0 aliphatic heterocycles. The number of aryl methyl sites for hydroxylation is 1. The highest BCUT2D eigenvalue weighted by Crippen LogP contribution is 2.22. The van der Waals surface area contributed by atoms with Crippen LogP contribution in [0, 0.1) is 18.3 Å². The minimum absolute atomic E-state index is 0.0983. The first kappa shape index (κ1) is 14.6. The first-order chi connectivity index (χ1) is 9.72. The maximum Gasteiger partial charge on any atom is 0.252 e. The van der Waals surface area contributed by atoms with E-state index in [0.717, 1.165) is 4.90 Å². The van der Waals surface area contributed by atoms with Crippen molar-refractivity contribution in [3.05, 3.63) is 51.7 Å². The van der Waals surface area contributed by atoms with Crippen molar-refractivity contribution >= 4 is 29.0 Å². The van der Waals surface area contributed by atoms with E-state index in [9.17, 15) is 4.79 Å². The van der Waals surface area contributed by atoms with Crippen molar-refractivity contribution in [2.45, 2.75) is 18.4 Å². The van der Waals surface area contributed by atoms with Crippen LogP contribution in [0.25, 0.3) is 0 Å². The molecule has 102 valence electrons. The van der Waals surface area contributed by atoms with E-state index in [1.165, 1.54) is 22.2 Å². The number of thioether (sulfide) groups is 1. The number of carbonyl (C=O) groups excluding carboxylic acids is 1. The SMILES string of the molecule is Cc1ccsc1CNC(=O)c1ccccc1SCC#N. The lowest BCUT2D eigenvalue weighted by molar-refractivity contribution is 0.0948. The lowest BCUT2D eigenvalue weighted by atomic mass is 10.2. The van der Waals surface area contributed by atoms with Gasteiger partial charge in [0, 0.05) is 9.77 Å². The van der Waals surface area contributed by atoms with E-state index < -0.39 is 0 Å². The number of carbonyl (C=O) groups is 1. The molecular formula is C15H14N2OS2. The summed E-state index contributed by atoms with van der Waals surface area (Å²) >= 11 is 3.02. The first-order valence-electron chi connectivity index (χ1n) is 6.12. The summed E-state index contributed by atoms with van der Waals surface area (Å²) in [5.74, 6) is 0.243. The van der Waals surface area contributed by atoms with Crippen LogP contribution in [0.2, 0.25) is 0 Å². The zero-order chi connectivity index (χ0) is 14.4. The second-order valence-corrected chi connectivity index (χ2v) is 6.17. The highest BCUT2D eigenvalue weighted by Gasteiger charge is 2.11. The summed E-state index contributed by atoms with van der Waals surface area (Å²) in [6.45, 7) is 2.58. The molecule has 1 aromatic carbocycles.